The number of hydrogen-bond donors (Lipinski definition) is 1. The summed E-state index contributed by atoms with van der Waals surface area (Å²) < 4.78 is 1.84. The molecule has 1 aliphatic heterocycles. The fourth-order valence-corrected chi connectivity index (χ4v) is 4.82. The van der Waals surface area contributed by atoms with Crippen molar-refractivity contribution in [1.82, 2.24) is 25.1 Å². The largest absolute Gasteiger partial charge is 0.355 e. The van der Waals surface area contributed by atoms with Crippen molar-refractivity contribution in [3.63, 3.8) is 0 Å². The van der Waals surface area contributed by atoms with Gasteiger partial charge in [-0.3, -0.25) is 9.48 Å². The molecule has 7 nitrogen and oxygen atoms in total. The number of amides is 1. The third-order valence-electron chi connectivity index (χ3n) is 6.64. The zero-order chi connectivity index (χ0) is 22.1. The van der Waals surface area contributed by atoms with E-state index in [9.17, 15) is 4.79 Å². The van der Waals surface area contributed by atoms with Crippen LogP contribution in [0.3, 0.4) is 0 Å². The molecule has 5 rings (SSSR count). The van der Waals surface area contributed by atoms with Crippen molar-refractivity contribution < 1.29 is 4.79 Å². The highest BCUT2D eigenvalue weighted by molar-refractivity contribution is 5.79. The number of piperidine rings is 1. The van der Waals surface area contributed by atoms with E-state index in [1.54, 1.807) is 0 Å². The van der Waals surface area contributed by atoms with Gasteiger partial charge in [0.25, 0.3) is 0 Å². The van der Waals surface area contributed by atoms with E-state index in [4.69, 9.17) is 9.97 Å². The van der Waals surface area contributed by atoms with E-state index >= 15 is 0 Å². The van der Waals surface area contributed by atoms with Gasteiger partial charge in [-0.15, -0.1) is 0 Å². The molecule has 1 aliphatic carbocycles. The molecule has 1 unspecified atom stereocenters. The molecule has 7 heteroatoms. The lowest BCUT2D eigenvalue weighted by Crippen LogP contribution is -2.43. The minimum atomic E-state index is -0.0410. The quantitative estimate of drug-likeness (QED) is 0.673. The molecule has 1 saturated heterocycles. The maximum Gasteiger partial charge on any atom is 0.225 e. The molecule has 0 saturated carbocycles. The first-order valence-corrected chi connectivity index (χ1v) is 11.6. The van der Waals surface area contributed by atoms with E-state index in [-0.39, 0.29) is 11.8 Å². The summed E-state index contributed by atoms with van der Waals surface area (Å²) in [7, 11) is 1.92. The molecule has 1 amide bonds. The lowest BCUT2D eigenvalue weighted by Gasteiger charge is -2.34. The molecule has 0 radical (unpaired) electrons. The normalized spacial score (nSPS) is 17.9. The second-order valence-corrected chi connectivity index (χ2v) is 8.92. The van der Waals surface area contributed by atoms with Gasteiger partial charge in [0.2, 0.25) is 5.91 Å². The number of carbonyl (C=O) groups excluding carboxylic acids is 1. The number of carbonyl (C=O) groups is 1. The third kappa shape index (κ3) is 4.11. The van der Waals surface area contributed by atoms with E-state index in [1.165, 1.54) is 11.3 Å². The Morgan fingerprint density at radius 1 is 1.16 bits per heavy atom. The Morgan fingerprint density at radius 2 is 2.00 bits per heavy atom. The minimum absolute atomic E-state index is 0.0410. The van der Waals surface area contributed by atoms with Crippen LogP contribution in [0, 0.1) is 12.8 Å². The average molecular weight is 431 g/mol. The molecule has 3 heterocycles. The number of rotatable bonds is 5. The Bertz CT molecular complexity index is 1100. The third-order valence-corrected chi connectivity index (χ3v) is 6.64. The van der Waals surface area contributed by atoms with E-state index in [0.717, 1.165) is 67.2 Å². The number of aromatic nitrogens is 4. The first-order chi connectivity index (χ1) is 15.6. The second kappa shape index (κ2) is 8.73. The zero-order valence-corrected chi connectivity index (χ0v) is 18.8. The van der Waals surface area contributed by atoms with Gasteiger partial charge in [0.15, 0.2) is 5.82 Å². The van der Waals surface area contributed by atoms with E-state index < -0.39 is 0 Å². The smallest absolute Gasteiger partial charge is 0.225 e. The van der Waals surface area contributed by atoms with Gasteiger partial charge in [0.1, 0.15) is 5.82 Å². The van der Waals surface area contributed by atoms with Crippen LogP contribution in [-0.2, 0) is 31.2 Å². The van der Waals surface area contributed by atoms with Gasteiger partial charge in [-0.05, 0) is 45.1 Å². The number of nitrogens with zero attached hydrogens (tertiary/aromatic N) is 5. The standard InChI is InChI=1S/C25H30N6O/c1-17-14-20(29-30(17)2)15-26-25(32)19-10-7-13-31(16-19)24-21-11-6-12-22(21)27-23(28-24)18-8-4-3-5-9-18/h3-5,8-9,14,19H,6-7,10-13,15-16H2,1-2H3,(H,26,32). The van der Waals surface area contributed by atoms with Crippen LogP contribution >= 0.6 is 0 Å². The molecule has 0 bridgehead atoms. The number of aryl methyl sites for hydroxylation is 3. The number of anilines is 1. The van der Waals surface area contributed by atoms with E-state index in [1.807, 2.05) is 42.9 Å². The van der Waals surface area contributed by atoms with Gasteiger partial charge in [-0.1, -0.05) is 30.3 Å². The highest BCUT2D eigenvalue weighted by atomic mass is 16.1. The maximum absolute atomic E-state index is 13.0. The van der Waals surface area contributed by atoms with Crippen LogP contribution in [0.1, 0.15) is 41.9 Å². The molecule has 1 atom stereocenters. The van der Waals surface area contributed by atoms with Gasteiger partial charge >= 0.3 is 0 Å². The van der Waals surface area contributed by atoms with Gasteiger partial charge in [0.05, 0.1) is 18.2 Å². The summed E-state index contributed by atoms with van der Waals surface area (Å²) in [5.74, 6) is 1.88. The molecule has 0 spiro atoms. The van der Waals surface area contributed by atoms with Crippen molar-refractivity contribution >= 4 is 11.7 Å². The van der Waals surface area contributed by atoms with Crippen LogP contribution in [0.25, 0.3) is 11.4 Å². The van der Waals surface area contributed by atoms with Crippen molar-refractivity contribution in [2.24, 2.45) is 13.0 Å². The Balaban J connectivity index is 1.34. The van der Waals surface area contributed by atoms with Crippen LogP contribution in [0.4, 0.5) is 5.82 Å². The second-order valence-electron chi connectivity index (χ2n) is 8.92. The highest BCUT2D eigenvalue weighted by Gasteiger charge is 2.30. The van der Waals surface area contributed by atoms with Crippen LogP contribution in [-0.4, -0.2) is 38.7 Å². The Labute approximate surface area is 188 Å². The summed E-state index contributed by atoms with van der Waals surface area (Å²) in [5.41, 5.74) is 5.47. The predicted octanol–water partition coefficient (Wildman–Crippen LogP) is 3.21. The van der Waals surface area contributed by atoms with Crippen molar-refractivity contribution in [2.75, 3.05) is 18.0 Å². The Hall–Kier alpha value is -3.22. The van der Waals surface area contributed by atoms with Gasteiger partial charge in [-0.2, -0.15) is 5.10 Å². The predicted molar refractivity (Wildman–Crippen MR) is 124 cm³/mol. The number of fused-ring (bicyclic) bond motifs is 1. The molecule has 3 aromatic rings. The van der Waals surface area contributed by atoms with Gasteiger partial charge in [-0.25, -0.2) is 9.97 Å². The summed E-state index contributed by atoms with van der Waals surface area (Å²) >= 11 is 0. The fourth-order valence-electron chi connectivity index (χ4n) is 4.82. The maximum atomic E-state index is 13.0. The zero-order valence-electron chi connectivity index (χ0n) is 18.8. The summed E-state index contributed by atoms with van der Waals surface area (Å²) in [6.45, 7) is 4.12. The summed E-state index contributed by atoms with van der Waals surface area (Å²) in [5, 5.41) is 7.54. The van der Waals surface area contributed by atoms with Crippen LogP contribution < -0.4 is 10.2 Å². The minimum Gasteiger partial charge on any atom is -0.355 e. The Morgan fingerprint density at radius 3 is 2.78 bits per heavy atom. The summed E-state index contributed by atoms with van der Waals surface area (Å²) in [6.07, 6.45) is 5.04. The van der Waals surface area contributed by atoms with Crippen molar-refractivity contribution in [2.45, 2.75) is 45.6 Å². The molecule has 1 N–H and O–H groups in total. The average Bonchev–Trinajstić information content (AvgIpc) is 3.43. The molecular formula is C25H30N6O. The molecule has 166 valence electrons. The van der Waals surface area contributed by atoms with Crippen LogP contribution in [0.2, 0.25) is 0 Å². The van der Waals surface area contributed by atoms with Crippen LogP contribution in [0.15, 0.2) is 36.4 Å². The van der Waals surface area contributed by atoms with Crippen molar-refractivity contribution in [1.29, 1.82) is 0 Å². The molecule has 1 fully saturated rings. The first-order valence-electron chi connectivity index (χ1n) is 11.6. The lowest BCUT2D eigenvalue weighted by atomic mass is 9.96. The van der Waals surface area contributed by atoms with Crippen LogP contribution in [0.5, 0.6) is 0 Å². The SMILES string of the molecule is Cc1cc(CNC(=O)C2CCCN(c3nc(-c4ccccc4)nc4c3CCC4)C2)nn1C. The topological polar surface area (TPSA) is 75.9 Å². The molecule has 2 aromatic heterocycles. The van der Waals surface area contributed by atoms with Crippen molar-refractivity contribution in [3.8, 4) is 11.4 Å². The van der Waals surface area contributed by atoms with Gasteiger partial charge < -0.3 is 10.2 Å². The molecule has 2 aliphatic rings. The van der Waals surface area contributed by atoms with E-state index in [0.29, 0.717) is 13.1 Å². The van der Waals surface area contributed by atoms with Crippen molar-refractivity contribution in [3.05, 3.63) is 59.0 Å². The number of nitrogens with one attached hydrogen (secondary N) is 1. The van der Waals surface area contributed by atoms with Gasteiger partial charge in [0, 0.05) is 42.7 Å². The molecule has 1 aromatic carbocycles. The number of hydrogen-bond acceptors (Lipinski definition) is 5. The van der Waals surface area contributed by atoms with E-state index in [2.05, 4.69) is 27.4 Å². The number of benzene rings is 1. The lowest BCUT2D eigenvalue weighted by molar-refractivity contribution is -0.125. The summed E-state index contributed by atoms with van der Waals surface area (Å²) in [4.78, 5) is 25.2. The first kappa shape index (κ1) is 20.7. The molecular weight excluding hydrogens is 400 g/mol. The monoisotopic (exact) mass is 430 g/mol. The summed E-state index contributed by atoms with van der Waals surface area (Å²) in [6, 6.07) is 12.2. The highest BCUT2D eigenvalue weighted by Crippen LogP contribution is 2.33. The Kier molecular flexibility index (Phi) is 5.64. The molecule has 32 heavy (non-hydrogen) atoms. The fraction of sp³-hybridized carbons (Fsp3) is 0.440.